The molecule has 4 N–H and O–H groups in total. The molecular formula is C75H136O16P2. The topological polar surface area (TPSA) is 231 Å². The normalized spacial score (nSPS) is 14.5. The summed E-state index contributed by atoms with van der Waals surface area (Å²) in [5.74, 6) is -1.58. The number of hydrogen-bond donors (Lipinski definition) is 4. The van der Waals surface area contributed by atoms with Crippen molar-refractivity contribution in [3.8, 4) is 0 Å². The monoisotopic (exact) mass is 1350 g/mol. The number of phosphoric ester groups is 2. The predicted octanol–water partition coefficient (Wildman–Crippen LogP) is 21.1. The van der Waals surface area contributed by atoms with Gasteiger partial charge in [-0.2, -0.15) is 0 Å². The van der Waals surface area contributed by atoms with Crippen molar-refractivity contribution in [2.75, 3.05) is 39.6 Å². The number of phosphoric acid groups is 2. The van der Waals surface area contributed by atoms with Gasteiger partial charge in [0.1, 0.15) is 25.4 Å². The second-order valence-corrected chi connectivity index (χ2v) is 28.0. The molecule has 93 heavy (non-hydrogen) atoms. The summed E-state index contributed by atoms with van der Waals surface area (Å²) in [5, 5.41) is 20.6. The van der Waals surface area contributed by atoms with Crippen molar-refractivity contribution in [2.24, 2.45) is 0 Å². The maximum atomic E-state index is 12.9. The van der Waals surface area contributed by atoms with E-state index in [1.54, 1.807) is 0 Å². The Morgan fingerprint density at radius 1 is 0.301 bits per heavy atom. The molecule has 18 heteroatoms. The Labute approximate surface area is 566 Å². The molecule has 0 fully saturated rings. The van der Waals surface area contributed by atoms with Crippen LogP contribution in [0, 0.1) is 0 Å². The van der Waals surface area contributed by atoms with E-state index < -0.39 is 91.5 Å². The molecule has 0 rings (SSSR count). The molecule has 0 amide bonds. The predicted molar refractivity (Wildman–Crippen MR) is 381 cm³/mol. The van der Waals surface area contributed by atoms with Crippen LogP contribution in [0.1, 0.15) is 329 Å². The molecule has 542 valence electrons. The smallest absolute Gasteiger partial charge is 0.463 e. The summed E-state index contributed by atoms with van der Waals surface area (Å²) in [6.45, 7) is 2.62. The van der Waals surface area contributed by atoms with Gasteiger partial charge in [0.2, 0.25) is 0 Å². The van der Waals surface area contributed by atoms with Crippen LogP contribution in [0.2, 0.25) is 0 Å². The molecule has 0 spiro atoms. The maximum Gasteiger partial charge on any atom is 0.472 e. The zero-order chi connectivity index (χ0) is 68.1. The molecule has 5 unspecified atom stereocenters. The average Bonchev–Trinajstić information content (AvgIpc) is 2.38. The fraction of sp³-hybridized carbons (Fsp3) is 0.800. The van der Waals surface area contributed by atoms with Crippen molar-refractivity contribution >= 4 is 33.6 Å². The SMILES string of the molecule is CCCCC/C=C\C/C=C\C/C=C\C/C=C\CCCCCCCCCCCCCCCCCC(=O)OCC(O)COP(=O)(O)OCC(O)COP(=O)(O)OCC(COC(=O)CCCCCCC/C=C\C/C=C\CCCCC)OC(=O)CCCCCCCCCCCCC. The van der Waals surface area contributed by atoms with Gasteiger partial charge < -0.3 is 34.2 Å². The zero-order valence-corrected chi connectivity index (χ0v) is 60.7. The van der Waals surface area contributed by atoms with Gasteiger partial charge in [-0.15, -0.1) is 0 Å². The molecule has 16 nitrogen and oxygen atoms in total. The van der Waals surface area contributed by atoms with Crippen LogP contribution in [0.15, 0.2) is 72.9 Å². The number of esters is 3. The quantitative estimate of drug-likeness (QED) is 0.0146. The summed E-state index contributed by atoms with van der Waals surface area (Å²) >= 11 is 0. The van der Waals surface area contributed by atoms with E-state index in [-0.39, 0.29) is 19.3 Å². The Balaban J connectivity index is 4.35. The highest BCUT2D eigenvalue weighted by Gasteiger charge is 2.29. The van der Waals surface area contributed by atoms with Crippen LogP contribution in [-0.2, 0) is 55.8 Å². The minimum Gasteiger partial charge on any atom is -0.463 e. The molecular weight excluding hydrogens is 1220 g/mol. The molecule has 0 aliphatic carbocycles. The van der Waals surface area contributed by atoms with E-state index in [1.165, 1.54) is 161 Å². The first kappa shape index (κ1) is 90.0. The highest BCUT2D eigenvalue weighted by molar-refractivity contribution is 7.47. The van der Waals surface area contributed by atoms with Crippen LogP contribution in [0.5, 0.6) is 0 Å². The van der Waals surface area contributed by atoms with Crippen molar-refractivity contribution in [1.82, 2.24) is 0 Å². The molecule has 0 saturated heterocycles. The lowest BCUT2D eigenvalue weighted by Gasteiger charge is -2.21. The summed E-state index contributed by atoms with van der Waals surface area (Å²) < 4.78 is 60.9. The van der Waals surface area contributed by atoms with Gasteiger partial charge in [-0.3, -0.25) is 32.5 Å². The van der Waals surface area contributed by atoms with E-state index in [4.69, 9.17) is 32.3 Å². The highest BCUT2D eigenvalue weighted by atomic mass is 31.2. The fourth-order valence-electron chi connectivity index (χ4n) is 10.2. The molecule has 0 aromatic rings. The maximum absolute atomic E-state index is 12.9. The van der Waals surface area contributed by atoms with Gasteiger partial charge in [0, 0.05) is 19.3 Å². The van der Waals surface area contributed by atoms with Crippen molar-refractivity contribution in [2.45, 2.75) is 347 Å². The van der Waals surface area contributed by atoms with Gasteiger partial charge in [-0.05, 0) is 96.3 Å². The number of aliphatic hydroxyl groups excluding tert-OH is 2. The third kappa shape index (κ3) is 70.1. The van der Waals surface area contributed by atoms with Gasteiger partial charge in [0.25, 0.3) is 0 Å². The van der Waals surface area contributed by atoms with Crippen molar-refractivity contribution in [3.05, 3.63) is 72.9 Å². The first-order valence-corrected chi connectivity index (χ1v) is 40.2. The number of aliphatic hydroxyl groups is 2. The third-order valence-corrected chi connectivity index (χ3v) is 17.8. The Kier molecular flexibility index (Phi) is 66.7. The van der Waals surface area contributed by atoms with Crippen molar-refractivity contribution in [3.63, 3.8) is 0 Å². The lowest BCUT2D eigenvalue weighted by atomic mass is 10.0. The van der Waals surface area contributed by atoms with Crippen LogP contribution < -0.4 is 0 Å². The molecule has 0 aromatic carbocycles. The number of allylic oxidation sites excluding steroid dienone is 12. The molecule has 0 aliphatic heterocycles. The number of carbonyl (C=O) groups is 3. The first-order valence-electron chi connectivity index (χ1n) is 37.2. The van der Waals surface area contributed by atoms with Gasteiger partial charge in [-0.25, -0.2) is 9.13 Å². The first-order chi connectivity index (χ1) is 45.2. The molecule has 5 atom stereocenters. The largest absolute Gasteiger partial charge is 0.472 e. The van der Waals surface area contributed by atoms with Crippen LogP contribution in [-0.4, -0.2) is 95.9 Å². The second kappa shape index (κ2) is 68.9. The Morgan fingerprint density at radius 2 is 0.538 bits per heavy atom. The molecule has 0 saturated carbocycles. The Bertz CT molecular complexity index is 1990. The minimum absolute atomic E-state index is 0.106. The summed E-state index contributed by atoms with van der Waals surface area (Å²) in [4.78, 5) is 58.3. The molecule has 0 aromatic heterocycles. The lowest BCUT2D eigenvalue weighted by molar-refractivity contribution is -0.161. The number of ether oxygens (including phenoxy) is 3. The standard InChI is InChI=1S/C75H136O16P2/c1-4-7-10-13-16-19-22-24-26-27-28-29-30-31-32-33-34-35-36-37-38-39-40-41-43-45-47-49-52-55-58-61-73(78)85-64-70(76)65-87-92(81,82)88-66-71(77)67-89-93(83,84)90-69-72(91-75(80)63-60-57-54-51-46-21-18-15-12-9-6-3)68-86-74(79)62-59-56-53-50-48-44-42-25-23-20-17-14-11-8-5-2/h16-17,19-20,24-26,28-29,31-32,42,70-72,76-77H,4-15,18,21-23,27,30,33-41,43-69H2,1-3H3,(H,81,82)(H,83,84)/b19-16-,20-17-,26-24-,29-28-,32-31-,42-25-. The van der Waals surface area contributed by atoms with Crippen LogP contribution in [0.25, 0.3) is 0 Å². The van der Waals surface area contributed by atoms with E-state index in [0.29, 0.717) is 19.3 Å². The summed E-state index contributed by atoms with van der Waals surface area (Å²) in [6.07, 6.45) is 74.0. The van der Waals surface area contributed by atoms with Crippen molar-refractivity contribution in [1.29, 1.82) is 0 Å². The van der Waals surface area contributed by atoms with E-state index >= 15 is 0 Å². The molecule has 0 heterocycles. The van der Waals surface area contributed by atoms with Crippen LogP contribution in [0.3, 0.4) is 0 Å². The lowest BCUT2D eigenvalue weighted by Crippen LogP contribution is -2.30. The van der Waals surface area contributed by atoms with Crippen LogP contribution in [0.4, 0.5) is 0 Å². The highest BCUT2D eigenvalue weighted by Crippen LogP contribution is 2.45. The van der Waals surface area contributed by atoms with Gasteiger partial charge in [0.05, 0.1) is 26.4 Å². The van der Waals surface area contributed by atoms with Crippen molar-refractivity contribution < 1.29 is 75.8 Å². The Hall–Kier alpha value is -3.01. The number of carbonyl (C=O) groups excluding carboxylic acids is 3. The molecule has 0 bridgehead atoms. The number of unbranched alkanes of at least 4 members (excludes halogenated alkanes) is 36. The van der Waals surface area contributed by atoms with Gasteiger partial charge >= 0.3 is 33.6 Å². The van der Waals surface area contributed by atoms with Gasteiger partial charge in [-0.1, -0.05) is 286 Å². The fourth-order valence-corrected chi connectivity index (χ4v) is 11.8. The second-order valence-electron chi connectivity index (χ2n) is 25.1. The minimum atomic E-state index is -4.92. The number of hydrogen-bond acceptors (Lipinski definition) is 14. The van der Waals surface area contributed by atoms with E-state index in [0.717, 1.165) is 109 Å². The van der Waals surface area contributed by atoms with E-state index in [2.05, 4.69) is 93.7 Å². The summed E-state index contributed by atoms with van der Waals surface area (Å²) in [6, 6.07) is 0. The molecule has 0 aliphatic rings. The summed E-state index contributed by atoms with van der Waals surface area (Å²) in [5.41, 5.74) is 0. The third-order valence-electron chi connectivity index (χ3n) is 15.9. The summed E-state index contributed by atoms with van der Waals surface area (Å²) in [7, 11) is -9.76. The Morgan fingerprint density at radius 3 is 0.871 bits per heavy atom. The average molecular weight is 1360 g/mol. The molecule has 0 radical (unpaired) electrons. The van der Waals surface area contributed by atoms with E-state index in [1.807, 2.05) is 0 Å². The zero-order valence-electron chi connectivity index (χ0n) is 58.9. The van der Waals surface area contributed by atoms with Crippen LogP contribution >= 0.6 is 15.6 Å². The van der Waals surface area contributed by atoms with Gasteiger partial charge in [0.15, 0.2) is 6.10 Å². The number of rotatable bonds is 71. The van der Waals surface area contributed by atoms with E-state index in [9.17, 15) is 43.5 Å².